The predicted octanol–water partition coefficient (Wildman–Crippen LogP) is 1.05. The van der Waals surface area contributed by atoms with Crippen LogP contribution in [0.25, 0.3) is 0 Å². The van der Waals surface area contributed by atoms with Gasteiger partial charge in [0.25, 0.3) is 0 Å². The molecular formula is C9H16N2. The first kappa shape index (κ1) is 9.98. The molecule has 0 bridgehead atoms. The third kappa shape index (κ3) is 8.98. The average molecular weight is 152 g/mol. The van der Waals surface area contributed by atoms with E-state index in [1.807, 2.05) is 12.2 Å². The number of allylic oxidation sites excluding steroid dienone is 2. The summed E-state index contributed by atoms with van der Waals surface area (Å²) in [5.74, 6) is 0. The van der Waals surface area contributed by atoms with Gasteiger partial charge in [-0.25, -0.2) is 0 Å². The minimum Gasteiger partial charge on any atom is -0.390 e. The van der Waals surface area contributed by atoms with E-state index in [4.69, 9.17) is 0 Å². The van der Waals surface area contributed by atoms with Crippen molar-refractivity contribution in [2.75, 3.05) is 19.6 Å². The van der Waals surface area contributed by atoms with Crippen molar-refractivity contribution >= 4 is 0 Å². The van der Waals surface area contributed by atoms with E-state index in [0.29, 0.717) is 0 Å². The summed E-state index contributed by atoms with van der Waals surface area (Å²) in [7, 11) is 0. The van der Waals surface area contributed by atoms with Gasteiger partial charge >= 0.3 is 0 Å². The molecule has 2 N–H and O–H groups in total. The monoisotopic (exact) mass is 152 g/mol. The normalized spacial score (nSPS) is 9.82. The molecule has 0 aromatic carbocycles. The number of hydrogen-bond acceptors (Lipinski definition) is 2. The van der Waals surface area contributed by atoms with Crippen LogP contribution in [0.1, 0.15) is 0 Å². The van der Waals surface area contributed by atoms with Crippen LogP contribution in [0.2, 0.25) is 0 Å². The molecule has 0 unspecified atom stereocenters. The molecular weight excluding hydrogens is 136 g/mol. The molecule has 0 aliphatic heterocycles. The number of hydrogen-bond donors (Lipinski definition) is 2. The van der Waals surface area contributed by atoms with E-state index in [-0.39, 0.29) is 0 Å². The summed E-state index contributed by atoms with van der Waals surface area (Å²) in [4.78, 5) is 0. The molecule has 0 amide bonds. The Hall–Kier alpha value is -1.02. The van der Waals surface area contributed by atoms with E-state index in [9.17, 15) is 0 Å². The summed E-state index contributed by atoms with van der Waals surface area (Å²) in [5.41, 5.74) is 0. The molecule has 0 radical (unpaired) electrons. The predicted molar refractivity (Wildman–Crippen MR) is 50.4 cm³/mol. The number of nitrogens with one attached hydrogen (secondary N) is 2. The van der Waals surface area contributed by atoms with Crippen LogP contribution in [-0.4, -0.2) is 19.6 Å². The molecule has 0 fully saturated rings. The van der Waals surface area contributed by atoms with Crippen molar-refractivity contribution < 1.29 is 0 Å². The molecule has 0 heterocycles. The topological polar surface area (TPSA) is 24.1 Å². The van der Waals surface area contributed by atoms with Crippen molar-refractivity contribution in [3.63, 3.8) is 0 Å². The van der Waals surface area contributed by atoms with Gasteiger partial charge in [-0.2, -0.15) is 0 Å². The highest BCUT2D eigenvalue weighted by Crippen LogP contribution is 1.69. The van der Waals surface area contributed by atoms with Crippen molar-refractivity contribution in [3.05, 3.63) is 37.6 Å². The lowest BCUT2D eigenvalue weighted by Gasteiger charge is -1.99. The van der Waals surface area contributed by atoms with Crippen molar-refractivity contribution in [2.45, 2.75) is 0 Å². The highest BCUT2D eigenvalue weighted by molar-refractivity contribution is 4.97. The molecule has 0 rings (SSSR count). The van der Waals surface area contributed by atoms with Crippen molar-refractivity contribution in [2.24, 2.45) is 0 Å². The lowest BCUT2D eigenvalue weighted by Crippen LogP contribution is -2.24. The van der Waals surface area contributed by atoms with Crippen LogP contribution < -0.4 is 10.6 Å². The molecule has 0 aliphatic rings. The van der Waals surface area contributed by atoms with Crippen molar-refractivity contribution in [3.8, 4) is 0 Å². The first-order valence-corrected chi connectivity index (χ1v) is 3.74. The van der Waals surface area contributed by atoms with E-state index in [1.54, 1.807) is 12.3 Å². The summed E-state index contributed by atoms with van der Waals surface area (Å²) in [6, 6.07) is 0. The van der Waals surface area contributed by atoms with Crippen LogP contribution in [0.5, 0.6) is 0 Å². The summed E-state index contributed by atoms with van der Waals surface area (Å²) < 4.78 is 0. The zero-order valence-electron chi connectivity index (χ0n) is 6.84. The molecule has 2 heteroatoms. The first-order chi connectivity index (χ1) is 5.41. The highest BCUT2D eigenvalue weighted by atomic mass is 14.9. The van der Waals surface area contributed by atoms with E-state index in [0.717, 1.165) is 19.6 Å². The average Bonchev–Trinajstić information content (AvgIpc) is 2.03. The zero-order valence-corrected chi connectivity index (χ0v) is 6.84. The lowest BCUT2D eigenvalue weighted by molar-refractivity contribution is 0.708. The highest BCUT2D eigenvalue weighted by Gasteiger charge is 1.79. The van der Waals surface area contributed by atoms with Gasteiger partial charge in [0.05, 0.1) is 0 Å². The van der Waals surface area contributed by atoms with Gasteiger partial charge in [-0.15, -0.1) is 0 Å². The molecule has 11 heavy (non-hydrogen) atoms. The maximum absolute atomic E-state index is 3.57. The minimum atomic E-state index is 0.894. The molecule has 0 saturated heterocycles. The summed E-state index contributed by atoms with van der Waals surface area (Å²) >= 11 is 0. The standard InChI is InChI=1S/C9H16N2/c1-3-5-6-7-11-9-8-10-4-2/h3-6,10-11H,1-2,7-9H2/b6-5+. The zero-order chi connectivity index (χ0) is 8.36. The van der Waals surface area contributed by atoms with Gasteiger partial charge in [-0.05, 0) is 6.20 Å². The SMILES string of the molecule is C=C/C=C/CNCCNC=C. The molecule has 0 aliphatic carbocycles. The van der Waals surface area contributed by atoms with Crippen LogP contribution in [0, 0.1) is 0 Å². The molecule has 0 atom stereocenters. The van der Waals surface area contributed by atoms with Gasteiger partial charge in [-0.1, -0.05) is 31.4 Å². The quantitative estimate of drug-likeness (QED) is 0.421. The number of rotatable bonds is 7. The summed E-state index contributed by atoms with van der Waals surface area (Å²) in [6.07, 6.45) is 7.42. The van der Waals surface area contributed by atoms with E-state index in [2.05, 4.69) is 23.8 Å². The second kappa shape index (κ2) is 8.98. The smallest absolute Gasteiger partial charge is 0.0266 e. The Labute approximate surface area is 68.7 Å². The Morgan fingerprint density at radius 2 is 2.00 bits per heavy atom. The van der Waals surface area contributed by atoms with Crippen molar-refractivity contribution in [1.29, 1.82) is 0 Å². The second-order valence-electron chi connectivity index (χ2n) is 2.03. The van der Waals surface area contributed by atoms with Crippen LogP contribution in [0.15, 0.2) is 37.6 Å². The third-order valence-electron chi connectivity index (χ3n) is 1.12. The van der Waals surface area contributed by atoms with Gasteiger partial charge in [0, 0.05) is 19.6 Å². The molecule has 0 spiro atoms. The van der Waals surface area contributed by atoms with E-state index < -0.39 is 0 Å². The maximum atomic E-state index is 3.57. The largest absolute Gasteiger partial charge is 0.390 e. The van der Waals surface area contributed by atoms with Gasteiger partial charge in [0.1, 0.15) is 0 Å². The minimum absolute atomic E-state index is 0.894. The second-order valence-corrected chi connectivity index (χ2v) is 2.03. The van der Waals surface area contributed by atoms with Crippen LogP contribution in [0.4, 0.5) is 0 Å². The van der Waals surface area contributed by atoms with Gasteiger partial charge < -0.3 is 10.6 Å². The fourth-order valence-corrected chi connectivity index (χ4v) is 0.612. The Morgan fingerprint density at radius 3 is 2.64 bits per heavy atom. The third-order valence-corrected chi connectivity index (χ3v) is 1.12. The van der Waals surface area contributed by atoms with Crippen LogP contribution in [-0.2, 0) is 0 Å². The molecule has 0 aromatic heterocycles. The van der Waals surface area contributed by atoms with Crippen molar-refractivity contribution in [1.82, 2.24) is 10.6 Å². The molecule has 0 saturated carbocycles. The van der Waals surface area contributed by atoms with E-state index >= 15 is 0 Å². The van der Waals surface area contributed by atoms with Crippen LogP contribution >= 0.6 is 0 Å². The molecule has 0 aromatic rings. The van der Waals surface area contributed by atoms with E-state index in [1.165, 1.54) is 0 Å². The van der Waals surface area contributed by atoms with Gasteiger partial charge in [-0.3, -0.25) is 0 Å². The Bertz CT molecular complexity index is 128. The van der Waals surface area contributed by atoms with Gasteiger partial charge in [0.2, 0.25) is 0 Å². The maximum Gasteiger partial charge on any atom is 0.0266 e. The first-order valence-electron chi connectivity index (χ1n) is 3.74. The lowest BCUT2D eigenvalue weighted by atomic mass is 10.4. The fraction of sp³-hybridized carbons (Fsp3) is 0.333. The Balaban J connectivity index is 2.95. The Morgan fingerprint density at radius 1 is 1.18 bits per heavy atom. The summed E-state index contributed by atoms with van der Waals surface area (Å²) in [5, 5.41) is 6.21. The summed E-state index contributed by atoms with van der Waals surface area (Å²) in [6.45, 7) is 9.88. The van der Waals surface area contributed by atoms with Gasteiger partial charge in [0.15, 0.2) is 0 Å². The Kier molecular flexibility index (Phi) is 8.15. The fourth-order valence-electron chi connectivity index (χ4n) is 0.612. The van der Waals surface area contributed by atoms with Crippen LogP contribution in [0.3, 0.4) is 0 Å². The molecule has 62 valence electrons. The molecule has 2 nitrogen and oxygen atoms in total.